The van der Waals surface area contributed by atoms with Crippen LogP contribution in [0.3, 0.4) is 0 Å². The van der Waals surface area contributed by atoms with Crippen molar-refractivity contribution in [2.24, 2.45) is 5.92 Å². The van der Waals surface area contributed by atoms with Gasteiger partial charge in [0.1, 0.15) is 18.4 Å². The molecule has 126 valence electrons. The van der Waals surface area contributed by atoms with E-state index in [1.807, 2.05) is 0 Å². The van der Waals surface area contributed by atoms with Gasteiger partial charge in [0.05, 0.1) is 0 Å². The highest BCUT2D eigenvalue weighted by Crippen LogP contribution is 2.17. The van der Waals surface area contributed by atoms with Crippen LogP contribution in [0.5, 0.6) is 5.75 Å². The third-order valence-electron chi connectivity index (χ3n) is 3.18. The van der Waals surface area contributed by atoms with Gasteiger partial charge in [-0.2, -0.15) is 0 Å². The minimum absolute atomic E-state index is 0.0398. The van der Waals surface area contributed by atoms with Gasteiger partial charge in [-0.1, -0.05) is 19.9 Å². The summed E-state index contributed by atoms with van der Waals surface area (Å²) >= 11 is 0. The average molecular weight is 324 g/mol. The fraction of sp³-hybridized carbons (Fsp3) is 0.400. The largest absolute Gasteiger partial charge is 0.508 e. The average Bonchev–Trinajstić information content (AvgIpc) is 2.49. The molecule has 0 unspecified atom stereocenters. The van der Waals surface area contributed by atoms with E-state index in [4.69, 9.17) is 10.2 Å². The maximum atomic E-state index is 12.3. The SMILES string of the molecule is CC(C)[C@H](NC(=O)c1cc(O)ccc1CNC(=O)CO)C(=O)O. The Kier molecular flexibility index (Phi) is 6.52. The van der Waals surface area contributed by atoms with Gasteiger partial charge in [0.15, 0.2) is 0 Å². The van der Waals surface area contributed by atoms with Crippen LogP contribution in [-0.2, 0) is 16.1 Å². The molecule has 0 aliphatic carbocycles. The van der Waals surface area contributed by atoms with Crippen molar-refractivity contribution in [1.82, 2.24) is 10.6 Å². The van der Waals surface area contributed by atoms with Crippen molar-refractivity contribution in [3.63, 3.8) is 0 Å². The van der Waals surface area contributed by atoms with Crippen molar-refractivity contribution >= 4 is 17.8 Å². The summed E-state index contributed by atoms with van der Waals surface area (Å²) in [7, 11) is 0. The summed E-state index contributed by atoms with van der Waals surface area (Å²) in [6.07, 6.45) is 0. The van der Waals surface area contributed by atoms with Crippen molar-refractivity contribution in [1.29, 1.82) is 0 Å². The lowest BCUT2D eigenvalue weighted by atomic mass is 10.0. The van der Waals surface area contributed by atoms with Crippen molar-refractivity contribution in [3.8, 4) is 5.75 Å². The van der Waals surface area contributed by atoms with Crippen molar-refractivity contribution in [2.45, 2.75) is 26.4 Å². The van der Waals surface area contributed by atoms with Crippen molar-refractivity contribution < 1.29 is 29.7 Å². The molecule has 0 spiro atoms. The number of aliphatic carboxylic acids is 1. The smallest absolute Gasteiger partial charge is 0.326 e. The van der Waals surface area contributed by atoms with Crippen molar-refractivity contribution in [3.05, 3.63) is 29.3 Å². The summed E-state index contributed by atoms with van der Waals surface area (Å²) in [5, 5.41) is 32.1. The van der Waals surface area contributed by atoms with E-state index in [1.165, 1.54) is 18.2 Å². The lowest BCUT2D eigenvalue weighted by Crippen LogP contribution is -2.44. The molecule has 5 N–H and O–H groups in total. The molecular formula is C15H20N2O6. The minimum atomic E-state index is -1.16. The number of aromatic hydroxyl groups is 1. The maximum Gasteiger partial charge on any atom is 0.326 e. The summed E-state index contributed by atoms with van der Waals surface area (Å²) in [4.78, 5) is 34.6. The molecule has 0 aliphatic rings. The third-order valence-corrected chi connectivity index (χ3v) is 3.18. The second kappa shape index (κ2) is 8.14. The Bertz CT molecular complexity index is 600. The number of phenolic OH excluding ortho intramolecular Hbond substituents is 1. The first-order chi connectivity index (χ1) is 10.8. The van der Waals surface area contributed by atoms with Crippen LogP contribution in [0.1, 0.15) is 29.8 Å². The number of carboxylic acid groups (broad SMARTS) is 1. The second-order valence-electron chi connectivity index (χ2n) is 5.31. The van der Waals surface area contributed by atoms with Crippen LogP contribution >= 0.6 is 0 Å². The van der Waals surface area contributed by atoms with Gasteiger partial charge in [-0.3, -0.25) is 9.59 Å². The van der Waals surface area contributed by atoms with Gasteiger partial charge in [-0.05, 0) is 23.6 Å². The minimum Gasteiger partial charge on any atom is -0.508 e. The number of hydrogen-bond donors (Lipinski definition) is 5. The van der Waals surface area contributed by atoms with E-state index in [0.29, 0.717) is 5.56 Å². The molecule has 0 fully saturated rings. The lowest BCUT2D eigenvalue weighted by molar-refractivity contribution is -0.140. The number of aliphatic hydroxyl groups excluding tert-OH is 1. The molecule has 1 atom stereocenters. The Labute approximate surface area is 133 Å². The zero-order chi connectivity index (χ0) is 17.6. The standard InChI is InChI=1S/C15H20N2O6/c1-8(2)13(15(22)23)17-14(21)11-5-10(19)4-3-9(11)6-16-12(20)7-18/h3-5,8,13,18-19H,6-7H2,1-2H3,(H,16,20)(H,17,21)(H,22,23)/t13-/m0/s1. The maximum absolute atomic E-state index is 12.3. The van der Waals surface area contributed by atoms with Gasteiger partial charge >= 0.3 is 5.97 Å². The molecule has 0 saturated heterocycles. The molecule has 8 heteroatoms. The number of phenols is 1. The quantitative estimate of drug-likeness (QED) is 0.473. The first kappa shape index (κ1) is 18.4. The first-order valence-electron chi connectivity index (χ1n) is 6.99. The lowest BCUT2D eigenvalue weighted by Gasteiger charge is -2.19. The van der Waals surface area contributed by atoms with Gasteiger partial charge in [0.25, 0.3) is 5.91 Å². The van der Waals surface area contributed by atoms with Crippen LogP contribution in [0.15, 0.2) is 18.2 Å². The fourth-order valence-electron chi connectivity index (χ4n) is 1.91. The zero-order valence-corrected chi connectivity index (χ0v) is 12.9. The van der Waals surface area contributed by atoms with Gasteiger partial charge in [-0.25, -0.2) is 4.79 Å². The number of carbonyl (C=O) groups is 3. The molecule has 1 aromatic carbocycles. The predicted molar refractivity (Wildman–Crippen MR) is 80.8 cm³/mol. The molecular weight excluding hydrogens is 304 g/mol. The molecule has 0 aliphatic heterocycles. The molecule has 0 saturated carbocycles. The Hall–Kier alpha value is -2.61. The van der Waals surface area contributed by atoms with E-state index >= 15 is 0 Å². The highest BCUT2D eigenvalue weighted by atomic mass is 16.4. The summed E-state index contributed by atoms with van der Waals surface area (Å²) in [6, 6.07) is 2.89. The molecule has 0 aromatic heterocycles. The molecule has 0 heterocycles. The van der Waals surface area contributed by atoms with Crippen LogP contribution in [0, 0.1) is 5.92 Å². The van der Waals surface area contributed by atoms with Crippen LogP contribution in [0.25, 0.3) is 0 Å². The van der Waals surface area contributed by atoms with Crippen LogP contribution in [-0.4, -0.2) is 45.8 Å². The highest BCUT2D eigenvalue weighted by Gasteiger charge is 2.25. The van der Waals surface area contributed by atoms with Gasteiger partial charge in [-0.15, -0.1) is 0 Å². The molecule has 0 bridgehead atoms. The predicted octanol–water partition coefficient (Wildman–Crippen LogP) is -0.160. The Morgan fingerprint density at radius 1 is 1.22 bits per heavy atom. The monoisotopic (exact) mass is 324 g/mol. The summed E-state index contributed by atoms with van der Waals surface area (Å²) < 4.78 is 0. The number of carboxylic acids is 1. The molecule has 1 rings (SSSR count). The molecule has 23 heavy (non-hydrogen) atoms. The van der Waals surface area contributed by atoms with E-state index < -0.39 is 30.4 Å². The van der Waals surface area contributed by atoms with Crippen molar-refractivity contribution in [2.75, 3.05) is 6.61 Å². The number of benzene rings is 1. The van der Waals surface area contributed by atoms with Gasteiger partial charge in [0.2, 0.25) is 5.91 Å². The number of aliphatic hydroxyl groups is 1. The Balaban J connectivity index is 3.00. The number of carbonyl (C=O) groups excluding carboxylic acids is 2. The number of hydrogen-bond acceptors (Lipinski definition) is 5. The van der Waals surface area contributed by atoms with E-state index in [-0.39, 0.29) is 23.8 Å². The molecule has 2 amide bonds. The normalized spacial score (nSPS) is 11.8. The molecule has 8 nitrogen and oxygen atoms in total. The third kappa shape index (κ3) is 5.26. The van der Waals surface area contributed by atoms with Crippen LogP contribution in [0.4, 0.5) is 0 Å². The van der Waals surface area contributed by atoms with Crippen LogP contribution in [0.2, 0.25) is 0 Å². The van der Waals surface area contributed by atoms with E-state index in [9.17, 15) is 19.5 Å². The summed E-state index contributed by atoms with van der Waals surface area (Å²) in [6.45, 7) is 2.59. The second-order valence-corrected chi connectivity index (χ2v) is 5.31. The first-order valence-corrected chi connectivity index (χ1v) is 6.99. The van der Waals surface area contributed by atoms with Crippen LogP contribution < -0.4 is 10.6 Å². The van der Waals surface area contributed by atoms with Gasteiger partial charge in [0, 0.05) is 12.1 Å². The molecule has 0 radical (unpaired) electrons. The van der Waals surface area contributed by atoms with E-state index in [0.717, 1.165) is 0 Å². The fourth-order valence-corrected chi connectivity index (χ4v) is 1.91. The zero-order valence-electron chi connectivity index (χ0n) is 12.9. The number of amides is 2. The highest BCUT2D eigenvalue weighted by molar-refractivity contribution is 5.98. The Morgan fingerprint density at radius 3 is 2.39 bits per heavy atom. The Morgan fingerprint density at radius 2 is 1.87 bits per heavy atom. The molecule has 1 aromatic rings. The number of nitrogens with one attached hydrogen (secondary N) is 2. The topological polar surface area (TPSA) is 136 Å². The summed E-state index contributed by atoms with van der Waals surface area (Å²) in [5.74, 6) is -2.94. The van der Waals surface area contributed by atoms with E-state index in [2.05, 4.69) is 10.6 Å². The van der Waals surface area contributed by atoms with Gasteiger partial charge < -0.3 is 26.0 Å². The number of rotatable bonds is 7. The summed E-state index contributed by atoms with van der Waals surface area (Å²) in [5.41, 5.74) is 0.435. The van der Waals surface area contributed by atoms with E-state index in [1.54, 1.807) is 13.8 Å².